The molecule has 13 heteroatoms. The second-order valence-corrected chi connectivity index (χ2v) is 7.06. The van der Waals surface area contributed by atoms with Crippen LogP contribution in [-0.2, 0) is 10.0 Å². The van der Waals surface area contributed by atoms with Crippen LogP contribution in [0, 0.1) is 0 Å². The maximum Gasteiger partial charge on any atom is 0.321 e. The van der Waals surface area contributed by atoms with Crippen LogP contribution in [0.15, 0.2) is 23.5 Å². The van der Waals surface area contributed by atoms with Gasteiger partial charge in [-0.3, -0.25) is 4.72 Å². The maximum atomic E-state index is 12.7. The first kappa shape index (κ1) is 18.4. The fraction of sp³-hybridized carbons (Fsp3) is 0.231. The number of fused-ring (bicyclic) bond motifs is 1. The number of methoxy groups -OCH3 is 1. The van der Waals surface area contributed by atoms with Gasteiger partial charge in [-0.1, -0.05) is 23.2 Å². The lowest BCUT2D eigenvalue weighted by Crippen LogP contribution is -2.16. The number of ether oxygens (including phenoxy) is 2. The average molecular weight is 419 g/mol. The van der Waals surface area contributed by atoms with Crippen LogP contribution in [0.5, 0.6) is 11.8 Å². The molecule has 3 rings (SSSR count). The average Bonchev–Trinajstić information content (AvgIpc) is 3.02. The van der Waals surface area contributed by atoms with Crippen LogP contribution in [0.1, 0.15) is 6.92 Å². The van der Waals surface area contributed by atoms with Crippen LogP contribution in [0.25, 0.3) is 5.65 Å². The van der Waals surface area contributed by atoms with Gasteiger partial charge in [0.05, 0.1) is 13.7 Å². The van der Waals surface area contributed by atoms with Crippen LogP contribution < -0.4 is 14.2 Å². The number of hydrogen-bond acceptors (Lipinski definition) is 8. The quantitative estimate of drug-likeness (QED) is 0.476. The molecule has 0 atom stereocenters. The summed E-state index contributed by atoms with van der Waals surface area (Å²) in [5, 5.41) is 3.41. The molecule has 1 N–H and O–H groups in total. The van der Waals surface area contributed by atoms with E-state index in [1.807, 2.05) is 0 Å². The minimum Gasteiger partial charge on any atom is -0.494 e. The number of pyridine rings is 1. The van der Waals surface area contributed by atoms with Crippen molar-refractivity contribution in [1.29, 1.82) is 0 Å². The highest BCUT2D eigenvalue weighted by molar-refractivity contribution is 7.92. The third-order valence-electron chi connectivity index (χ3n) is 3.08. The van der Waals surface area contributed by atoms with Crippen molar-refractivity contribution >= 4 is 44.6 Å². The van der Waals surface area contributed by atoms with E-state index in [4.69, 9.17) is 32.7 Å². The molecule has 138 valence electrons. The molecule has 0 radical (unpaired) electrons. The van der Waals surface area contributed by atoms with Crippen LogP contribution >= 0.6 is 23.2 Å². The molecule has 0 saturated heterocycles. The van der Waals surface area contributed by atoms with Crippen LogP contribution in [0.4, 0.5) is 5.69 Å². The van der Waals surface area contributed by atoms with Crippen LogP contribution in [0.3, 0.4) is 0 Å². The molecule has 0 aromatic carbocycles. The van der Waals surface area contributed by atoms with Gasteiger partial charge in [-0.25, -0.2) is 4.98 Å². The zero-order chi connectivity index (χ0) is 18.9. The van der Waals surface area contributed by atoms with E-state index in [0.29, 0.717) is 0 Å². The van der Waals surface area contributed by atoms with Crippen molar-refractivity contribution in [3.8, 4) is 11.8 Å². The smallest absolute Gasteiger partial charge is 0.321 e. The Morgan fingerprint density at radius 2 is 2.08 bits per heavy atom. The molecular weight excluding hydrogens is 407 g/mol. The Kier molecular flexibility index (Phi) is 5.03. The molecular formula is C13H12Cl2N6O4S. The summed E-state index contributed by atoms with van der Waals surface area (Å²) in [6.45, 7) is 2.02. The van der Waals surface area contributed by atoms with Crippen LogP contribution in [-0.4, -0.2) is 46.7 Å². The molecule has 0 aliphatic rings. The maximum absolute atomic E-state index is 12.7. The van der Waals surface area contributed by atoms with E-state index in [0.717, 1.165) is 4.52 Å². The zero-order valence-electron chi connectivity index (χ0n) is 13.5. The van der Waals surface area contributed by atoms with Crippen molar-refractivity contribution in [2.24, 2.45) is 0 Å². The van der Waals surface area contributed by atoms with Gasteiger partial charge in [0.2, 0.25) is 0 Å². The number of nitrogens with zero attached hydrogens (tertiary/aromatic N) is 5. The Labute approximate surface area is 158 Å². The van der Waals surface area contributed by atoms with Gasteiger partial charge in [0.15, 0.2) is 10.8 Å². The van der Waals surface area contributed by atoms with Gasteiger partial charge in [0.1, 0.15) is 16.6 Å². The lowest BCUT2D eigenvalue weighted by atomic mass is 10.4. The topological polar surface area (TPSA) is 121 Å². The van der Waals surface area contributed by atoms with E-state index in [1.54, 1.807) is 6.92 Å². The number of rotatable bonds is 6. The van der Waals surface area contributed by atoms with Crippen molar-refractivity contribution < 1.29 is 17.9 Å². The largest absolute Gasteiger partial charge is 0.494 e. The molecule has 3 heterocycles. The van der Waals surface area contributed by atoms with Crippen LogP contribution in [0.2, 0.25) is 10.3 Å². The summed E-state index contributed by atoms with van der Waals surface area (Å²) in [4.78, 5) is 11.7. The molecule has 3 aromatic rings. The van der Waals surface area contributed by atoms with Gasteiger partial charge in [-0.2, -0.15) is 22.9 Å². The standard InChI is InChI=1S/C13H12Cl2N6O4S/c1-3-25-13-17-8(14)6-9-18-12(19-21(9)13)26(22,23)20-10-7(24-2)4-5-16-11(10)15/h4-6,20H,3H2,1-2H3. The predicted octanol–water partition coefficient (Wildman–Crippen LogP) is 2.03. The second-order valence-electron chi connectivity index (χ2n) is 4.74. The first-order valence-corrected chi connectivity index (χ1v) is 9.37. The molecule has 0 amide bonds. The summed E-state index contributed by atoms with van der Waals surface area (Å²) in [6.07, 6.45) is 1.38. The van der Waals surface area contributed by atoms with Gasteiger partial charge in [-0.05, 0) is 6.92 Å². The summed E-state index contributed by atoms with van der Waals surface area (Å²) in [5.74, 6) is 0.192. The number of sulfonamides is 1. The van der Waals surface area contributed by atoms with Gasteiger partial charge >= 0.3 is 6.01 Å². The van der Waals surface area contributed by atoms with E-state index in [-0.39, 0.29) is 40.0 Å². The van der Waals surface area contributed by atoms with Crippen molar-refractivity contribution in [2.45, 2.75) is 12.1 Å². The molecule has 0 fully saturated rings. The van der Waals surface area contributed by atoms with Crippen molar-refractivity contribution in [3.05, 3.63) is 28.6 Å². The number of halogens is 2. The zero-order valence-corrected chi connectivity index (χ0v) is 15.8. The minimum absolute atomic E-state index is 0.0148. The van der Waals surface area contributed by atoms with E-state index in [2.05, 4.69) is 24.8 Å². The van der Waals surface area contributed by atoms with Gasteiger partial charge in [0.25, 0.3) is 15.2 Å². The lowest BCUT2D eigenvalue weighted by molar-refractivity contribution is 0.302. The first-order chi connectivity index (χ1) is 12.4. The second kappa shape index (κ2) is 7.09. The fourth-order valence-electron chi connectivity index (χ4n) is 2.02. The summed E-state index contributed by atoms with van der Waals surface area (Å²) >= 11 is 11.8. The molecule has 10 nitrogen and oxygen atoms in total. The number of aromatic nitrogens is 5. The third-order valence-corrected chi connectivity index (χ3v) is 4.69. The normalized spacial score (nSPS) is 11.5. The molecule has 26 heavy (non-hydrogen) atoms. The van der Waals surface area contributed by atoms with Gasteiger partial charge < -0.3 is 9.47 Å². The minimum atomic E-state index is -4.20. The van der Waals surface area contributed by atoms with Gasteiger partial charge in [0, 0.05) is 18.3 Å². The summed E-state index contributed by atoms with van der Waals surface area (Å²) in [5.41, 5.74) is 0.120. The van der Waals surface area contributed by atoms with Crippen molar-refractivity contribution in [2.75, 3.05) is 18.4 Å². The fourth-order valence-corrected chi connectivity index (χ4v) is 3.40. The summed E-state index contributed by atoms with van der Waals surface area (Å²) in [7, 11) is -2.83. The Bertz CT molecular complexity index is 1070. The molecule has 3 aromatic heterocycles. The highest BCUT2D eigenvalue weighted by atomic mass is 35.5. The van der Waals surface area contributed by atoms with E-state index in [1.165, 1.54) is 25.4 Å². The Morgan fingerprint density at radius 1 is 1.31 bits per heavy atom. The predicted molar refractivity (Wildman–Crippen MR) is 93.6 cm³/mol. The number of anilines is 1. The molecule has 0 spiro atoms. The monoisotopic (exact) mass is 418 g/mol. The first-order valence-electron chi connectivity index (χ1n) is 7.13. The van der Waals surface area contributed by atoms with Crippen molar-refractivity contribution in [1.82, 2.24) is 24.6 Å². The SMILES string of the molecule is CCOc1nc(Cl)cc2nc(S(=O)(=O)Nc3c(OC)ccnc3Cl)nn12. The molecule has 0 aliphatic heterocycles. The summed E-state index contributed by atoms with van der Waals surface area (Å²) in [6, 6.07) is 2.83. The number of nitrogens with one attached hydrogen (secondary N) is 1. The number of hydrogen-bond donors (Lipinski definition) is 1. The highest BCUT2D eigenvalue weighted by Gasteiger charge is 2.25. The van der Waals surface area contributed by atoms with E-state index >= 15 is 0 Å². The third kappa shape index (κ3) is 3.45. The van der Waals surface area contributed by atoms with E-state index < -0.39 is 15.2 Å². The molecule has 0 saturated carbocycles. The molecule has 0 unspecified atom stereocenters. The van der Waals surface area contributed by atoms with E-state index in [9.17, 15) is 8.42 Å². The Hall–Kier alpha value is -2.37. The van der Waals surface area contributed by atoms with Gasteiger partial charge in [-0.15, -0.1) is 5.10 Å². The molecule has 0 bridgehead atoms. The Balaban J connectivity index is 2.07. The molecule has 0 aliphatic carbocycles. The lowest BCUT2D eigenvalue weighted by Gasteiger charge is -2.10. The summed E-state index contributed by atoms with van der Waals surface area (Å²) < 4.78 is 39.1. The Morgan fingerprint density at radius 3 is 2.77 bits per heavy atom. The van der Waals surface area contributed by atoms with Crippen molar-refractivity contribution in [3.63, 3.8) is 0 Å². The highest BCUT2D eigenvalue weighted by Crippen LogP contribution is 2.31.